The van der Waals surface area contributed by atoms with Crippen LogP contribution >= 0.6 is 0 Å². The van der Waals surface area contributed by atoms with E-state index in [0.717, 1.165) is 0 Å². The van der Waals surface area contributed by atoms with Crippen molar-refractivity contribution in [1.82, 2.24) is 0 Å². The largest absolute Gasteiger partial charge is 0.508 e. The molecule has 0 aliphatic carbocycles. The third-order valence-electron chi connectivity index (χ3n) is 2.64. The highest BCUT2D eigenvalue weighted by atomic mass is 16.3. The minimum atomic E-state index is -1.69. The third kappa shape index (κ3) is 1.99. The van der Waals surface area contributed by atoms with Gasteiger partial charge in [-0.1, -0.05) is 42.5 Å². The molecule has 2 rings (SSSR count). The molecule has 0 spiro atoms. The first kappa shape index (κ1) is 11.2. The Morgan fingerprint density at radius 1 is 0.882 bits per heavy atom. The molecule has 1 atom stereocenters. The highest BCUT2D eigenvalue weighted by molar-refractivity contribution is 5.43. The van der Waals surface area contributed by atoms with Crippen molar-refractivity contribution < 1.29 is 10.2 Å². The highest BCUT2D eigenvalue weighted by Crippen LogP contribution is 2.29. The van der Waals surface area contributed by atoms with Crippen LogP contribution in [0.5, 0.6) is 5.75 Å². The van der Waals surface area contributed by atoms with Gasteiger partial charge in [0.05, 0.1) is 0 Å². The summed E-state index contributed by atoms with van der Waals surface area (Å²) in [5.41, 5.74) is -0.744. The number of nitrogens with zero attached hydrogens (tertiary/aromatic N) is 1. The molecule has 2 aromatic carbocycles. The van der Waals surface area contributed by atoms with Crippen molar-refractivity contribution >= 4 is 0 Å². The van der Waals surface area contributed by atoms with Gasteiger partial charge in [0.25, 0.3) is 0 Å². The van der Waals surface area contributed by atoms with Crippen LogP contribution in [-0.2, 0) is 5.60 Å². The van der Waals surface area contributed by atoms with E-state index in [2.05, 4.69) is 0 Å². The molecular weight excluding hydrogens is 214 g/mol. The summed E-state index contributed by atoms with van der Waals surface area (Å²) >= 11 is 0. The van der Waals surface area contributed by atoms with E-state index in [1.807, 2.05) is 12.1 Å². The lowest BCUT2D eigenvalue weighted by Gasteiger charge is -2.21. The summed E-state index contributed by atoms with van der Waals surface area (Å²) in [5.74, 6) is 0.0992. The molecule has 0 saturated heterocycles. The van der Waals surface area contributed by atoms with Crippen molar-refractivity contribution in [2.24, 2.45) is 0 Å². The predicted octanol–water partition coefficient (Wildman–Crippen LogP) is 2.15. The van der Waals surface area contributed by atoms with Crippen molar-refractivity contribution in [3.05, 3.63) is 65.7 Å². The fourth-order valence-corrected chi connectivity index (χ4v) is 1.68. The van der Waals surface area contributed by atoms with Crippen LogP contribution in [0.1, 0.15) is 11.1 Å². The highest BCUT2D eigenvalue weighted by Gasteiger charge is 2.31. The van der Waals surface area contributed by atoms with E-state index in [0.29, 0.717) is 11.1 Å². The number of aromatic hydroxyl groups is 1. The Hall–Kier alpha value is -2.31. The van der Waals surface area contributed by atoms with Gasteiger partial charge in [-0.05, 0) is 12.1 Å². The standard InChI is InChI=1S/C14H11NO2/c15-10-14(17,11-4-2-1-3-5-11)12-6-8-13(16)9-7-12/h1-9,16-17H. The number of rotatable bonds is 2. The SMILES string of the molecule is N#CC(O)(c1ccccc1)c1ccc(O)cc1. The normalized spacial score (nSPS) is 13.6. The van der Waals surface area contributed by atoms with Gasteiger partial charge in [-0.15, -0.1) is 0 Å². The maximum Gasteiger partial charge on any atom is 0.202 e. The minimum Gasteiger partial charge on any atom is -0.508 e. The third-order valence-corrected chi connectivity index (χ3v) is 2.64. The Kier molecular flexibility index (Phi) is 2.82. The first-order chi connectivity index (χ1) is 8.16. The average molecular weight is 225 g/mol. The Morgan fingerprint density at radius 3 is 1.94 bits per heavy atom. The van der Waals surface area contributed by atoms with Crippen LogP contribution in [0.4, 0.5) is 0 Å². The summed E-state index contributed by atoms with van der Waals surface area (Å²) in [6, 6.07) is 16.6. The molecular formula is C14H11NO2. The number of phenols is 1. The molecule has 1 unspecified atom stereocenters. The number of phenolic OH excluding ortho intramolecular Hbond substituents is 1. The van der Waals surface area contributed by atoms with E-state index in [1.165, 1.54) is 24.3 Å². The maximum atomic E-state index is 10.4. The van der Waals surface area contributed by atoms with E-state index in [-0.39, 0.29) is 5.75 Å². The minimum absolute atomic E-state index is 0.0992. The lowest BCUT2D eigenvalue weighted by molar-refractivity contribution is 0.142. The molecule has 0 aliphatic rings. The van der Waals surface area contributed by atoms with E-state index in [9.17, 15) is 15.5 Å². The molecule has 0 radical (unpaired) electrons. The summed E-state index contributed by atoms with van der Waals surface area (Å²) in [5, 5.41) is 28.8. The first-order valence-corrected chi connectivity index (χ1v) is 5.15. The van der Waals surface area contributed by atoms with E-state index in [1.54, 1.807) is 24.3 Å². The van der Waals surface area contributed by atoms with Crippen LogP contribution in [0.2, 0.25) is 0 Å². The summed E-state index contributed by atoms with van der Waals surface area (Å²) < 4.78 is 0. The zero-order valence-electron chi connectivity index (χ0n) is 9.04. The van der Waals surface area contributed by atoms with Crippen LogP contribution in [0.3, 0.4) is 0 Å². The summed E-state index contributed by atoms with van der Waals surface area (Å²) in [7, 11) is 0. The van der Waals surface area contributed by atoms with Gasteiger partial charge in [0.1, 0.15) is 11.8 Å². The van der Waals surface area contributed by atoms with Gasteiger partial charge < -0.3 is 10.2 Å². The molecule has 0 fully saturated rings. The monoisotopic (exact) mass is 225 g/mol. The molecule has 0 aromatic heterocycles. The quantitative estimate of drug-likeness (QED) is 0.770. The molecule has 0 aliphatic heterocycles. The first-order valence-electron chi connectivity index (χ1n) is 5.15. The fourth-order valence-electron chi connectivity index (χ4n) is 1.68. The molecule has 3 heteroatoms. The van der Waals surface area contributed by atoms with E-state index >= 15 is 0 Å². The lowest BCUT2D eigenvalue weighted by Crippen LogP contribution is -2.24. The molecule has 0 amide bonds. The molecule has 17 heavy (non-hydrogen) atoms. The van der Waals surface area contributed by atoms with Crippen LogP contribution in [0.25, 0.3) is 0 Å². The Labute approximate surface area is 99.2 Å². The molecule has 0 bridgehead atoms. The molecule has 2 aromatic rings. The van der Waals surface area contributed by atoms with Crippen LogP contribution in [-0.4, -0.2) is 10.2 Å². The number of hydrogen-bond acceptors (Lipinski definition) is 3. The summed E-state index contributed by atoms with van der Waals surface area (Å²) in [6.45, 7) is 0. The van der Waals surface area contributed by atoms with Crippen LogP contribution in [0.15, 0.2) is 54.6 Å². The van der Waals surface area contributed by atoms with Crippen molar-refractivity contribution in [3.8, 4) is 11.8 Å². The predicted molar refractivity (Wildman–Crippen MR) is 63.2 cm³/mol. The van der Waals surface area contributed by atoms with Crippen molar-refractivity contribution in [3.63, 3.8) is 0 Å². The molecule has 3 nitrogen and oxygen atoms in total. The topological polar surface area (TPSA) is 64.2 Å². The average Bonchev–Trinajstić information content (AvgIpc) is 2.40. The Morgan fingerprint density at radius 2 is 1.41 bits per heavy atom. The van der Waals surface area contributed by atoms with Crippen LogP contribution < -0.4 is 0 Å². The smallest absolute Gasteiger partial charge is 0.202 e. The number of hydrogen-bond donors (Lipinski definition) is 2. The Bertz CT molecular complexity index is 543. The Balaban J connectivity index is 2.53. The van der Waals surface area contributed by atoms with E-state index in [4.69, 9.17) is 0 Å². The summed E-state index contributed by atoms with van der Waals surface area (Å²) in [4.78, 5) is 0. The van der Waals surface area contributed by atoms with Gasteiger partial charge in [-0.3, -0.25) is 0 Å². The van der Waals surface area contributed by atoms with Gasteiger partial charge in [0, 0.05) is 11.1 Å². The second-order valence-corrected chi connectivity index (χ2v) is 3.74. The second-order valence-electron chi connectivity index (χ2n) is 3.74. The fraction of sp³-hybridized carbons (Fsp3) is 0.0714. The lowest BCUT2D eigenvalue weighted by atomic mass is 9.88. The number of benzene rings is 2. The number of nitriles is 1. The van der Waals surface area contributed by atoms with Gasteiger partial charge in [-0.25, -0.2) is 0 Å². The van der Waals surface area contributed by atoms with Gasteiger partial charge in [0.15, 0.2) is 0 Å². The maximum absolute atomic E-state index is 10.4. The van der Waals surface area contributed by atoms with Crippen LogP contribution in [0, 0.1) is 11.3 Å². The van der Waals surface area contributed by atoms with Gasteiger partial charge in [0.2, 0.25) is 5.60 Å². The molecule has 2 N–H and O–H groups in total. The van der Waals surface area contributed by atoms with Gasteiger partial charge in [-0.2, -0.15) is 5.26 Å². The van der Waals surface area contributed by atoms with E-state index < -0.39 is 5.60 Å². The van der Waals surface area contributed by atoms with Crippen molar-refractivity contribution in [2.45, 2.75) is 5.60 Å². The van der Waals surface area contributed by atoms with Crippen molar-refractivity contribution in [1.29, 1.82) is 5.26 Å². The van der Waals surface area contributed by atoms with Gasteiger partial charge >= 0.3 is 0 Å². The molecule has 84 valence electrons. The second kappa shape index (κ2) is 4.28. The zero-order valence-corrected chi connectivity index (χ0v) is 9.04. The molecule has 0 saturated carbocycles. The molecule has 0 heterocycles. The van der Waals surface area contributed by atoms with Crippen molar-refractivity contribution in [2.75, 3.05) is 0 Å². The summed E-state index contributed by atoms with van der Waals surface area (Å²) in [6.07, 6.45) is 0. The number of aliphatic hydroxyl groups is 1. The zero-order chi connectivity index (χ0) is 12.3.